The van der Waals surface area contributed by atoms with Crippen molar-refractivity contribution in [3.8, 4) is 0 Å². The first-order valence-corrected chi connectivity index (χ1v) is 8.67. The Hall–Kier alpha value is -1.41. The Morgan fingerprint density at radius 3 is 2.48 bits per heavy atom. The number of aromatic amines is 1. The third-order valence-electron chi connectivity index (χ3n) is 3.10. The van der Waals surface area contributed by atoms with Gasteiger partial charge in [-0.2, -0.15) is 5.10 Å². The molecule has 0 aliphatic rings. The first-order chi connectivity index (χ1) is 9.88. The van der Waals surface area contributed by atoms with Crippen molar-refractivity contribution < 1.29 is 17.9 Å². The lowest BCUT2D eigenvalue weighted by atomic mass is 10.1. The number of hydrogen-bond acceptors (Lipinski definition) is 5. The average Bonchev–Trinajstić information content (AvgIpc) is 2.79. The Labute approximate surface area is 125 Å². The lowest BCUT2D eigenvalue weighted by Crippen LogP contribution is -2.18. The monoisotopic (exact) mass is 317 g/mol. The summed E-state index contributed by atoms with van der Waals surface area (Å²) in [5.41, 5.74) is -0.0509. The number of hydrogen-bond donors (Lipinski definition) is 2. The van der Waals surface area contributed by atoms with Crippen molar-refractivity contribution in [1.29, 1.82) is 0 Å². The normalized spacial score (nSPS) is 11.6. The summed E-state index contributed by atoms with van der Waals surface area (Å²) >= 11 is 0. The van der Waals surface area contributed by atoms with E-state index < -0.39 is 16.0 Å². The summed E-state index contributed by atoms with van der Waals surface area (Å²) in [6.07, 6.45) is 6.42. The number of carbonyl (C=O) groups is 1. The molecule has 0 aliphatic heterocycles. The molecule has 0 bridgehead atoms. The fourth-order valence-electron chi connectivity index (χ4n) is 2.02. The minimum absolute atomic E-state index is 0.226. The van der Waals surface area contributed by atoms with Crippen LogP contribution < -0.4 is 5.14 Å². The van der Waals surface area contributed by atoms with Crippen LogP contribution in [0.3, 0.4) is 0 Å². The second-order valence-electron chi connectivity index (χ2n) is 4.98. The molecule has 0 fully saturated rings. The van der Waals surface area contributed by atoms with Crippen LogP contribution in [0.4, 0.5) is 0 Å². The number of rotatable bonds is 9. The molecule has 1 aromatic rings. The van der Waals surface area contributed by atoms with Gasteiger partial charge < -0.3 is 4.74 Å². The number of ether oxygens (including phenoxy) is 1. The fraction of sp³-hybridized carbons (Fsp3) is 0.692. The molecule has 0 amide bonds. The van der Waals surface area contributed by atoms with Crippen LogP contribution >= 0.6 is 0 Å². The van der Waals surface area contributed by atoms with Gasteiger partial charge in [0.1, 0.15) is 4.90 Å². The second kappa shape index (κ2) is 8.14. The molecule has 1 aromatic heterocycles. The molecule has 1 rings (SSSR count). The third kappa shape index (κ3) is 5.47. The molecule has 0 aromatic carbocycles. The molecule has 0 aliphatic carbocycles. The van der Waals surface area contributed by atoms with E-state index in [1.807, 2.05) is 0 Å². The number of carbonyl (C=O) groups excluding carboxylic acids is 1. The maximum absolute atomic E-state index is 11.8. The van der Waals surface area contributed by atoms with Crippen LogP contribution in [-0.2, 0) is 14.8 Å². The quantitative estimate of drug-likeness (QED) is 0.533. The minimum atomic E-state index is -4.01. The summed E-state index contributed by atoms with van der Waals surface area (Å²) < 4.78 is 27.9. The highest BCUT2D eigenvalue weighted by atomic mass is 32.2. The lowest BCUT2D eigenvalue weighted by molar-refractivity contribution is 0.0486. The van der Waals surface area contributed by atoms with Crippen molar-refractivity contribution >= 4 is 16.0 Å². The van der Waals surface area contributed by atoms with Gasteiger partial charge in [0.2, 0.25) is 10.0 Å². The molecule has 8 heteroatoms. The van der Waals surface area contributed by atoms with Crippen LogP contribution in [0.15, 0.2) is 4.90 Å². The Morgan fingerprint density at radius 2 is 1.86 bits per heavy atom. The van der Waals surface area contributed by atoms with Gasteiger partial charge in [-0.05, 0) is 13.3 Å². The van der Waals surface area contributed by atoms with Gasteiger partial charge in [-0.3, -0.25) is 5.10 Å². The van der Waals surface area contributed by atoms with Crippen molar-refractivity contribution in [2.75, 3.05) is 6.61 Å². The summed E-state index contributed by atoms with van der Waals surface area (Å²) in [5.74, 6) is -0.767. The lowest BCUT2D eigenvalue weighted by Gasteiger charge is -2.04. The number of H-pyrrole nitrogens is 1. The Bertz CT molecular complexity index is 566. The number of sulfonamides is 1. The van der Waals surface area contributed by atoms with E-state index in [2.05, 4.69) is 17.1 Å². The highest BCUT2D eigenvalue weighted by Crippen LogP contribution is 2.17. The van der Waals surface area contributed by atoms with E-state index in [0.29, 0.717) is 0 Å². The van der Waals surface area contributed by atoms with Crippen molar-refractivity contribution in [1.82, 2.24) is 10.2 Å². The topological polar surface area (TPSA) is 115 Å². The predicted octanol–water partition coefficient (Wildman–Crippen LogP) is 1.88. The number of unbranched alkanes of at least 4 members (excludes halogenated alkanes) is 5. The van der Waals surface area contributed by atoms with Crippen molar-refractivity contribution in [3.05, 3.63) is 11.4 Å². The van der Waals surface area contributed by atoms with Gasteiger partial charge in [-0.1, -0.05) is 39.0 Å². The number of aromatic nitrogens is 2. The number of nitrogens with one attached hydrogen (secondary N) is 1. The van der Waals surface area contributed by atoms with Crippen molar-refractivity contribution in [3.63, 3.8) is 0 Å². The zero-order valence-corrected chi connectivity index (χ0v) is 13.3. The summed E-state index contributed by atoms with van der Waals surface area (Å²) in [6, 6.07) is 0. The van der Waals surface area contributed by atoms with Crippen LogP contribution in [0.5, 0.6) is 0 Å². The summed E-state index contributed by atoms with van der Waals surface area (Å²) in [4.78, 5) is 11.5. The van der Waals surface area contributed by atoms with Crippen LogP contribution in [0.2, 0.25) is 0 Å². The predicted molar refractivity (Wildman–Crippen MR) is 78.4 cm³/mol. The molecule has 21 heavy (non-hydrogen) atoms. The van der Waals surface area contributed by atoms with E-state index in [0.717, 1.165) is 19.3 Å². The molecule has 0 saturated carbocycles. The smallest absolute Gasteiger partial charge is 0.360 e. The van der Waals surface area contributed by atoms with E-state index in [1.165, 1.54) is 26.2 Å². The number of nitrogens with zero attached hydrogens (tertiary/aromatic N) is 1. The highest BCUT2D eigenvalue weighted by molar-refractivity contribution is 7.89. The van der Waals surface area contributed by atoms with Gasteiger partial charge in [0, 0.05) is 0 Å². The van der Waals surface area contributed by atoms with Crippen LogP contribution in [0, 0.1) is 6.92 Å². The van der Waals surface area contributed by atoms with Gasteiger partial charge in [-0.15, -0.1) is 0 Å². The summed E-state index contributed by atoms with van der Waals surface area (Å²) in [7, 11) is -4.01. The number of esters is 1. The SMILES string of the molecule is CCCCCCCCOC(=O)c1n[nH]c(C)c1S(N)(=O)=O. The van der Waals surface area contributed by atoms with E-state index in [1.54, 1.807) is 0 Å². The summed E-state index contributed by atoms with van der Waals surface area (Å²) in [6.45, 7) is 3.88. The molecular weight excluding hydrogens is 294 g/mol. The largest absolute Gasteiger partial charge is 0.461 e. The average molecular weight is 317 g/mol. The summed E-state index contributed by atoms with van der Waals surface area (Å²) in [5, 5.41) is 11.2. The number of nitrogens with two attached hydrogens (primary N) is 1. The molecule has 0 atom stereocenters. The van der Waals surface area contributed by atoms with Gasteiger partial charge in [0.25, 0.3) is 0 Å². The maximum Gasteiger partial charge on any atom is 0.360 e. The minimum Gasteiger partial charge on any atom is -0.461 e. The molecule has 120 valence electrons. The zero-order valence-electron chi connectivity index (χ0n) is 12.5. The highest BCUT2D eigenvalue weighted by Gasteiger charge is 2.26. The molecule has 1 heterocycles. The molecule has 0 saturated heterocycles. The van der Waals surface area contributed by atoms with Gasteiger partial charge >= 0.3 is 5.97 Å². The van der Waals surface area contributed by atoms with E-state index in [9.17, 15) is 13.2 Å². The Kier molecular flexibility index (Phi) is 6.83. The van der Waals surface area contributed by atoms with Gasteiger partial charge in [-0.25, -0.2) is 18.4 Å². The maximum atomic E-state index is 11.8. The molecule has 0 unspecified atom stereocenters. The van der Waals surface area contributed by atoms with Crippen LogP contribution in [-0.4, -0.2) is 31.2 Å². The first kappa shape index (κ1) is 17.6. The fourth-order valence-corrected chi connectivity index (χ4v) is 2.89. The molecule has 3 N–H and O–H groups in total. The molecule has 0 spiro atoms. The number of primary sulfonamides is 1. The standard InChI is InChI=1S/C13H23N3O4S/c1-3-4-5-6-7-8-9-20-13(17)11-12(21(14,18)19)10(2)15-16-11/h3-9H2,1-2H3,(H,15,16)(H2,14,18,19). The first-order valence-electron chi connectivity index (χ1n) is 7.12. The number of aryl methyl sites for hydroxylation is 1. The third-order valence-corrected chi connectivity index (χ3v) is 4.17. The van der Waals surface area contributed by atoms with E-state index in [-0.39, 0.29) is 22.9 Å². The molecule has 0 radical (unpaired) electrons. The Morgan fingerprint density at radius 1 is 1.24 bits per heavy atom. The Balaban J connectivity index is 2.47. The van der Waals surface area contributed by atoms with Crippen molar-refractivity contribution in [2.24, 2.45) is 5.14 Å². The zero-order chi connectivity index (χ0) is 15.9. The van der Waals surface area contributed by atoms with Crippen molar-refractivity contribution in [2.45, 2.75) is 57.3 Å². The van der Waals surface area contributed by atoms with E-state index >= 15 is 0 Å². The van der Waals surface area contributed by atoms with Gasteiger partial charge in [0.15, 0.2) is 5.69 Å². The molecular formula is C13H23N3O4S. The van der Waals surface area contributed by atoms with Gasteiger partial charge in [0.05, 0.1) is 12.3 Å². The van der Waals surface area contributed by atoms with Crippen LogP contribution in [0.1, 0.15) is 61.6 Å². The molecule has 7 nitrogen and oxygen atoms in total. The van der Waals surface area contributed by atoms with Crippen LogP contribution in [0.25, 0.3) is 0 Å². The second-order valence-corrected chi connectivity index (χ2v) is 6.47. The van der Waals surface area contributed by atoms with E-state index in [4.69, 9.17) is 9.88 Å².